The summed E-state index contributed by atoms with van der Waals surface area (Å²) in [6.45, 7) is 4.46. The van der Waals surface area contributed by atoms with Gasteiger partial charge in [-0.05, 0) is 48.6 Å². The lowest BCUT2D eigenvalue weighted by atomic mass is 9.97. The quantitative estimate of drug-likeness (QED) is 0.228. The molecule has 0 saturated heterocycles. The molecule has 0 aliphatic heterocycles. The third kappa shape index (κ3) is 1.24. The highest BCUT2D eigenvalue weighted by Crippen LogP contribution is 2.36. The Morgan fingerprint density at radius 2 is 1.82 bits per heavy atom. The van der Waals surface area contributed by atoms with Crippen LogP contribution in [0.1, 0.15) is 11.1 Å². The summed E-state index contributed by atoms with van der Waals surface area (Å²) < 4.78 is 4.62. The molecule has 0 spiro atoms. The van der Waals surface area contributed by atoms with Gasteiger partial charge >= 0.3 is 0 Å². The molecule has 2 nitrogen and oxygen atoms in total. The van der Waals surface area contributed by atoms with E-state index < -0.39 is 0 Å². The normalized spacial score (nSPS) is 12.3. The van der Waals surface area contributed by atoms with Gasteiger partial charge in [0.25, 0.3) is 0 Å². The van der Waals surface area contributed by atoms with Crippen molar-refractivity contribution in [1.29, 1.82) is 0 Å². The van der Waals surface area contributed by atoms with Crippen LogP contribution in [0.3, 0.4) is 0 Å². The van der Waals surface area contributed by atoms with Crippen molar-refractivity contribution in [1.82, 2.24) is 4.40 Å². The van der Waals surface area contributed by atoms with E-state index in [1.165, 1.54) is 49.2 Å². The molecule has 0 aliphatic carbocycles. The van der Waals surface area contributed by atoms with Gasteiger partial charge in [-0.2, -0.15) is 0 Å². The molecule has 0 fully saturated rings. The standard InChI is InChI=1S/C20H17N2/c1-12-11-15-8-10-22-16-6-4-5-14-7-9-21(3)20(18(14)16)17(13(12)2)19(15)22/h4-11H,1-3H3/q+1. The van der Waals surface area contributed by atoms with E-state index in [9.17, 15) is 0 Å². The van der Waals surface area contributed by atoms with Crippen LogP contribution in [0.4, 0.5) is 0 Å². The van der Waals surface area contributed by atoms with Gasteiger partial charge in [0, 0.05) is 17.6 Å². The number of hydrogen-bond donors (Lipinski definition) is 0. The second-order valence-electron chi connectivity index (χ2n) is 6.33. The van der Waals surface area contributed by atoms with Crippen molar-refractivity contribution in [2.75, 3.05) is 0 Å². The van der Waals surface area contributed by atoms with Gasteiger partial charge in [-0.3, -0.25) is 0 Å². The molecule has 0 amide bonds. The van der Waals surface area contributed by atoms with Crippen molar-refractivity contribution in [2.24, 2.45) is 7.05 Å². The Labute approximate surface area is 128 Å². The minimum absolute atomic E-state index is 1.29. The number of rotatable bonds is 0. The summed E-state index contributed by atoms with van der Waals surface area (Å²) in [5.41, 5.74) is 6.70. The average Bonchev–Trinajstić information content (AvgIpc) is 2.93. The molecule has 0 atom stereocenters. The lowest BCUT2D eigenvalue weighted by molar-refractivity contribution is -0.643. The first-order valence-electron chi connectivity index (χ1n) is 7.70. The van der Waals surface area contributed by atoms with Gasteiger partial charge in [-0.15, -0.1) is 0 Å². The Morgan fingerprint density at radius 3 is 2.68 bits per heavy atom. The van der Waals surface area contributed by atoms with Crippen LogP contribution in [-0.2, 0) is 7.05 Å². The number of fused-ring (bicyclic) bond motifs is 2. The molecule has 5 aromatic rings. The van der Waals surface area contributed by atoms with Gasteiger partial charge in [-0.1, -0.05) is 12.1 Å². The molecule has 0 aliphatic rings. The van der Waals surface area contributed by atoms with Crippen LogP contribution in [0, 0.1) is 13.8 Å². The van der Waals surface area contributed by atoms with Gasteiger partial charge < -0.3 is 4.40 Å². The fraction of sp³-hybridized carbons (Fsp3) is 0.150. The van der Waals surface area contributed by atoms with E-state index >= 15 is 0 Å². The van der Waals surface area contributed by atoms with Crippen molar-refractivity contribution in [2.45, 2.75) is 13.8 Å². The summed E-state index contributed by atoms with van der Waals surface area (Å²) in [5.74, 6) is 0. The van der Waals surface area contributed by atoms with Crippen molar-refractivity contribution in [3.8, 4) is 0 Å². The predicted octanol–water partition coefficient (Wildman–Crippen LogP) is 4.28. The molecule has 3 heterocycles. The Bertz CT molecular complexity index is 1190. The molecular formula is C20H17N2+. The molecule has 0 unspecified atom stereocenters. The van der Waals surface area contributed by atoms with E-state index in [1.54, 1.807) is 0 Å². The van der Waals surface area contributed by atoms with Crippen molar-refractivity contribution >= 4 is 38.1 Å². The molecule has 22 heavy (non-hydrogen) atoms. The van der Waals surface area contributed by atoms with Gasteiger partial charge in [0.15, 0.2) is 6.20 Å². The second-order valence-corrected chi connectivity index (χ2v) is 6.33. The van der Waals surface area contributed by atoms with Crippen LogP contribution in [0.5, 0.6) is 0 Å². The topological polar surface area (TPSA) is 8.29 Å². The number of nitrogens with zero attached hydrogens (tertiary/aromatic N) is 2. The Morgan fingerprint density at radius 1 is 0.955 bits per heavy atom. The van der Waals surface area contributed by atoms with E-state index in [-0.39, 0.29) is 0 Å². The van der Waals surface area contributed by atoms with Crippen LogP contribution in [0.25, 0.3) is 38.1 Å². The van der Waals surface area contributed by atoms with Crippen LogP contribution >= 0.6 is 0 Å². The molecule has 2 heteroatoms. The first-order valence-corrected chi connectivity index (χ1v) is 7.70. The summed E-state index contributed by atoms with van der Waals surface area (Å²) in [6, 6.07) is 13.3. The summed E-state index contributed by atoms with van der Waals surface area (Å²) in [7, 11) is 2.15. The summed E-state index contributed by atoms with van der Waals surface area (Å²) in [4.78, 5) is 0. The molecule has 106 valence electrons. The van der Waals surface area contributed by atoms with Crippen LogP contribution in [-0.4, -0.2) is 4.40 Å². The molecule has 0 saturated carbocycles. The highest BCUT2D eigenvalue weighted by Gasteiger charge is 2.21. The summed E-state index contributed by atoms with van der Waals surface area (Å²) >= 11 is 0. The largest absolute Gasteiger partial charge is 0.315 e. The van der Waals surface area contributed by atoms with Crippen molar-refractivity contribution in [3.63, 3.8) is 0 Å². The molecule has 5 rings (SSSR count). The Balaban J connectivity index is 2.33. The second kappa shape index (κ2) is 3.77. The number of hydrogen-bond acceptors (Lipinski definition) is 0. The molecule has 0 N–H and O–H groups in total. The van der Waals surface area contributed by atoms with Crippen molar-refractivity contribution < 1.29 is 4.57 Å². The number of aryl methyl sites for hydroxylation is 3. The molecule has 0 bridgehead atoms. The SMILES string of the molecule is Cc1cc2ccn3c4cccc5cc[n+](C)c(c(c1C)c23)c54. The van der Waals surface area contributed by atoms with Crippen LogP contribution < -0.4 is 4.57 Å². The molecule has 3 aromatic heterocycles. The first kappa shape index (κ1) is 12.0. The maximum atomic E-state index is 2.35. The van der Waals surface area contributed by atoms with Gasteiger partial charge in [0.2, 0.25) is 5.52 Å². The minimum atomic E-state index is 1.29. The van der Waals surface area contributed by atoms with Crippen LogP contribution in [0.2, 0.25) is 0 Å². The highest BCUT2D eigenvalue weighted by atomic mass is 14.9. The average molecular weight is 285 g/mol. The zero-order valence-electron chi connectivity index (χ0n) is 13.0. The smallest absolute Gasteiger partial charge is 0.224 e. The first-order chi connectivity index (χ1) is 10.7. The number of pyridine rings is 2. The summed E-state index contributed by atoms with van der Waals surface area (Å²) in [5, 5.41) is 5.36. The molecule has 0 radical (unpaired) electrons. The van der Waals surface area contributed by atoms with Gasteiger partial charge in [-0.25, -0.2) is 4.57 Å². The zero-order valence-corrected chi connectivity index (χ0v) is 13.0. The lowest BCUT2D eigenvalue weighted by Crippen LogP contribution is -2.28. The summed E-state index contributed by atoms with van der Waals surface area (Å²) in [6.07, 6.45) is 4.38. The monoisotopic (exact) mass is 285 g/mol. The molecule has 2 aromatic carbocycles. The van der Waals surface area contributed by atoms with E-state index in [4.69, 9.17) is 0 Å². The maximum absolute atomic E-state index is 2.35. The van der Waals surface area contributed by atoms with E-state index in [0.29, 0.717) is 0 Å². The Kier molecular flexibility index (Phi) is 2.06. The predicted molar refractivity (Wildman–Crippen MR) is 91.8 cm³/mol. The van der Waals surface area contributed by atoms with Crippen molar-refractivity contribution in [3.05, 3.63) is 59.9 Å². The molecular weight excluding hydrogens is 268 g/mol. The Hall–Kier alpha value is -2.61. The number of benzene rings is 2. The minimum Gasteiger partial charge on any atom is -0.315 e. The highest BCUT2D eigenvalue weighted by molar-refractivity contribution is 6.20. The zero-order chi connectivity index (χ0) is 15.0. The van der Waals surface area contributed by atoms with E-state index in [0.717, 1.165) is 0 Å². The van der Waals surface area contributed by atoms with E-state index in [1.807, 2.05) is 0 Å². The third-order valence-electron chi connectivity index (χ3n) is 5.13. The fourth-order valence-corrected chi connectivity index (χ4v) is 3.93. The number of aromatic nitrogens is 2. The third-order valence-corrected chi connectivity index (χ3v) is 5.13. The fourth-order valence-electron chi connectivity index (χ4n) is 3.93. The van der Waals surface area contributed by atoms with Crippen LogP contribution in [0.15, 0.2) is 48.8 Å². The van der Waals surface area contributed by atoms with Gasteiger partial charge in [0.05, 0.1) is 21.8 Å². The lowest BCUT2D eigenvalue weighted by Gasteiger charge is -2.13. The maximum Gasteiger partial charge on any atom is 0.224 e. The van der Waals surface area contributed by atoms with Gasteiger partial charge in [0.1, 0.15) is 7.05 Å². The van der Waals surface area contributed by atoms with E-state index in [2.05, 4.69) is 78.7 Å².